The van der Waals surface area contributed by atoms with Crippen molar-refractivity contribution in [1.29, 1.82) is 0 Å². The molecule has 3 nitrogen and oxygen atoms in total. The molecule has 54 valence electrons. The zero-order valence-electron chi connectivity index (χ0n) is 6.62. The minimum Gasteiger partial charge on any atom is -0.245 e. The Morgan fingerprint density at radius 2 is 0.889 bits per heavy atom. The van der Waals surface area contributed by atoms with Crippen molar-refractivity contribution in [2.75, 3.05) is 41.1 Å². The fraction of sp³-hybridized carbons (Fsp3) is 1.00. The van der Waals surface area contributed by atoms with Crippen LogP contribution < -0.4 is 14.7 Å². The maximum absolute atomic E-state index is 2.26. The molecular formula is C6H18N3+3. The van der Waals surface area contributed by atoms with Gasteiger partial charge in [-0.1, -0.05) is 0 Å². The molecule has 1 heterocycles. The Labute approximate surface area is 56.8 Å². The van der Waals surface area contributed by atoms with Gasteiger partial charge >= 0.3 is 0 Å². The van der Waals surface area contributed by atoms with Crippen LogP contribution in [0.3, 0.4) is 0 Å². The maximum Gasteiger partial charge on any atom is 0.212 e. The molecular weight excluding hydrogens is 114 g/mol. The van der Waals surface area contributed by atoms with E-state index in [4.69, 9.17) is 0 Å². The SMILES string of the molecule is C[NH+]1C[NH+](C)C[NH+](C)C1. The summed E-state index contributed by atoms with van der Waals surface area (Å²) < 4.78 is 0. The van der Waals surface area contributed by atoms with E-state index in [9.17, 15) is 0 Å². The van der Waals surface area contributed by atoms with E-state index in [1.54, 1.807) is 14.7 Å². The standard InChI is InChI=1S/C6H15N3/c1-7-4-8(2)6-9(3)5-7/h4-6H2,1-3H3/p+3. The van der Waals surface area contributed by atoms with E-state index >= 15 is 0 Å². The monoisotopic (exact) mass is 132 g/mol. The van der Waals surface area contributed by atoms with E-state index in [0.717, 1.165) is 0 Å². The van der Waals surface area contributed by atoms with Crippen molar-refractivity contribution in [3.63, 3.8) is 0 Å². The van der Waals surface area contributed by atoms with Crippen molar-refractivity contribution in [3.8, 4) is 0 Å². The summed E-state index contributed by atoms with van der Waals surface area (Å²) in [5, 5.41) is 0. The predicted octanol–water partition coefficient (Wildman–Crippen LogP) is -4.58. The van der Waals surface area contributed by atoms with Crippen LogP contribution in [0.25, 0.3) is 0 Å². The summed E-state index contributed by atoms with van der Waals surface area (Å²) in [6, 6.07) is 0. The van der Waals surface area contributed by atoms with Crippen LogP contribution in [0.2, 0.25) is 0 Å². The molecule has 0 radical (unpaired) electrons. The number of rotatable bonds is 0. The summed E-state index contributed by atoms with van der Waals surface area (Å²) in [7, 11) is 6.77. The Morgan fingerprint density at radius 1 is 0.667 bits per heavy atom. The number of hydrogen-bond donors (Lipinski definition) is 3. The molecule has 0 atom stereocenters. The summed E-state index contributed by atoms with van der Waals surface area (Å²) in [5.74, 6) is 0. The first-order chi connectivity index (χ1) is 4.18. The molecule has 1 fully saturated rings. The second-order valence-electron chi connectivity index (χ2n) is 3.40. The molecule has 0 spiro atoms. The molecule has 1 aliphatic rings. The van der Waals surface area contributed by atoms with Gasteiger partial charge in [-0.25, -0.2) is 14.7 Å². The summed E-state index contributed by atoms with van der Waals surface area (Å²) in [6.45, 7) is 3.83. The van der Waals surface area contributed by atoms with Crippen LogP contribution in [0.15, 0.2) is 0 Å². The second kappa shape index (κ2) is 2.64. The van der Waals surface area contributed by atoms with Gasteiger partial charge in [0.25, 0.3) is 0 Å². The van der Waals surface area contributed by atoms with E-state index in [0.29, 0.717) is 0 Å². The average Bonchev–Trinajstić information content (AvgIpc) is 1.59. The van der Waals surface area contributed by atoms with Crippen LogP contribution in [-0.2, 0) is 0 Å². The molecule has 0 bridgehead atoms. The highest BCUT2D eigenvalue weighted by Gasteiger charge is 2.22. The van der Waals surface area contributed by atoms with E-state index < -0.39 is 0 Å². The number of nitrogens with one attached hydrogen (secondary N) is 3. The minimum atomic E-state index is 1.28. The summed E-state index contributed by atoms with van der Waals surface area (Å²) in [4.78, 5) is 4.91. The molecule has 0 aliphatic carbocycles. The quantitative estimate of drug-likeness (QED) is 0.294. The van der Waals surface area contributed by atoms with E-state index in [1.165, 1.54) is 20.0 Å². The van der Waals surface area contributed by atoms with Crippen LogP contribution in [-0.4, -0.2) is 41.1 Å². The van der Waals surface area contributed by atoms with Crippen LogP contribution >= 0.6 is 0 Å². The van der Waals surface area contributed by atoms with Crippen molar-refractivity contribution in [2.45, 2.75) is 0 Å². The summed E-state index contributed by atoms with van der Waals surface area (Å²) in [5.41, 5.74) is 0. The minimum absolute atomic E-state index is 1.28. The first-order valence-corrected chi connectivity index (χ1v) is 3.62. The van der Waals surface area contributed by atoms with Crippen LogP contribution in [0.5, 0.6) is 0 Å². The van der Waals surface area contributed by atoms with E-state index in [1.807, 2.05) is 0 Å². The summed E-state index contributed by atoms with van der Waals surface area (Å²) >= 11 is 0. The molecule has 0 aromatic heterocycles. The smallest absolute Gasteiger partial charge is 0.212 e. The van der Waals surface area contributed by atoms with Crippen LogP contribution in [0, 0.1) is 0 Å². The lowest BCUT2D eigenvalue weighted by Gasteiger charge is -2.28. The molecule has 1 aliphatic heterocycles. The first kappa shape index (κ1) is 6.99. The lowest BCUT2D eigenvalue weighted by molar-refractivity contribution is -1.25. The first-order valence-electron chi connectivity index (χ1n) is 3.62. The fourth-order valence-corrected chi connectivity index (χ4v) is 1.73. The summed E-state index contributed by atoms with van der Waals surface area (Å²) in [6.07, 6.45) is 0. The van der Waals surface area contributed by atoms with Gasteiger partial charge in [0.15, 0.2) is 0 Å². The predicted molar refractivity (Wildman–Crippen MR) is 35.3 cm³/mol. The lowest BCUT2D eigenvalue weighted by atomic mass is 10.6. The molecule has 1 rings (SSSR count). The van der Waals surface area contributed by atoms with Gasteiger partial charge < -0.3 is 0 Å². The average molecular weight is 132 g/mol. The highest BCUT2D eigenvalue weighted by atomic mass is 15.5. The van der Waals surface area contributed by atoms with Gasteiger partial charge in [0, 0.05) is 0 Å². The van der Waals surface area contributed by atoms with Crippen molar-refractivity contribution >= 4 is 0 Å². The molecule has 0 aromatic rings. The van der Waals surface area contributed by atoms with Gasteiger partial charge in [-0.15, -0.1) is 0 Å². The fourth-order valence-electron chi connectivity index (χ4n) is 1.73. The molecule has 9 heavy (non-hydrogen) atoms. The second-order valence-corrected chi connectivity index (χ2v) is 3.40. The van der Waals surface area contributed by atoms with Gasteiger partial charge in [0.1, 0.15) is 0 Å². The van der Waals surface area contributed by atoms with Crippen molar-refractivity contribution < 1.29 is 14.7 Å². The zero-order valence-corrected chi connectivity index (χ0v) is 6.62. The molecule has 0 unspecified atom stereocenters. The van der Waals surface area contributed by atoms with E-state index in [2.05, 4.69) is 21.1 Å². The Hall–Kier alpha value is -0.120. The van der Waals surface area contributed by atoms with Gasteiger partial charge in [0.05, 0.1) is 21.1 Å². The topological polar surface area (TPSA) is 13.3 Å². The van der Waals surface area contributed by atoms with Crippen LogP contribution in [0.1, 0.15) is 0 Å². The zero-order chi connectivity index (χ0) is 6.85. The van der Waals surface area contributed by atoms with E-state index in [-0.39, 0.29) is 0 Å². The molecule has 3 N–H and O–H groups in total. The Kier molecular flexibility index (Phi) is 2.05. The normalized spacial score (nSPS) is 45.0. The highest BCUT2D eigenvalue weighted by molar-refractivity contribution is 4.01. The van der Waals surface area contributed by atoms with Gasteiger partial charge in [-0.2, -0.15) is 0 Å². The maximum atomic E-state index is 2.26. The lowest BCUT2D eigenvalue weighted by Crippen LogP contribution is -3.48. The highest BCUT2D eigenvalue weighted by Crippen LogP contribution is 1.33. The molecule has 3 heteroatoms. The van der Waals surface area contributed by atoms with Crippen molar-refractivity contribution in [1.82, 2.24) is 0 Å². The number of hydrogen-bond acceptors (Lipinski definition) is 0. The molecule has 0 amide bonds. The Morgan fingerprint density at radius 3 is 1.11 bits per heavy atom. The third-order valence-corrected chi connectivity index (χ3v) is 1.81. The largest absolute Gasteiger partial charge is 0.245 e. The molecule has 1 saturated heterocycles. The van der Waals surface area contributed by atoms with Crippen molar-refractivity contribution in [2.24, 2.45) is 0 Å². The molecule has 0 saturated carbocycles. The third kappa shape index (κ3) is 1.93. The van der Waals surface area contributed by atoms with Crippen molar-refractivity contribution in [3.05, 3.63) is 0 Å². The van der Waals surface area contributed by atoms with Gasteiger partial charge in [-0.3, -0.25) is 0 Å². The number of quaternary nitrogens is 3. The molecule has 0 aromatic carbocycles. The van der Waals surface area contributed by atoms with Gasteiger partial charge in [-0.05, 0) is 0 Å². The Balaban J connectivity index is 2.34. The third-order valence-electron chi connectivity index (χ3n) is 1.81. The Bertz CT molecular complexity index is 69.3. The van der Waals surface area contributed by atoms with Gasteiger partial charge in [0.2, 0.25) is 20.0 Å². The van der Waals surface area contributed by atoms with Crippen LogP contribution in [0.4, 0.5) is 0 Å².